The molecule has 98 valence electrons. The van der Waals surface area contributed by atoms with E-state index in [1.807, 2.05) is 0 Å². The number of rotatable bonds is 8. The number of carbonyl (C=O) groups excluding carboxylic acids is 1. The Hall–Kier alpha value is -1.36. The van der Waals surface area contributed by atoms with Crippen LogP contribution in [-0.4, -0.2) is 48.7 Å². The lowest BCUT2D eigenvalue weighted by Gasteiger charge is -2.25. The van der Waals surface area contributed by atoms with Crippen LogP contribution in [0.15, 0.2) is 12.7 Å². The van der Waals surface area contributed by atoms with E-state index in [2.05, 4.69) is 6.58 Å². The summed E-state index contributed by atoms with van der Waals surface area (Å²) in [6.45, 7) is 7.91. The van der Waals surface area contributed by atoms with Crippen LogP contribution in [-0.2, 0) is 14.3 Å². The summed E-state index contributed by atoms with van der Waals surface area (Å²) >= 11 is 0. The van der Waals surface area contributed by atoms with Gasteiger partial charge in [-0.3, -0.25) is 9.59 Å². The van der Waals surface area contributed by atoms with E-state index < -0.39 is 11.4 Å². The van der Waals surface area contributed by atoms with Crippen LogP contribution in [0.1, 0.15) is 20.3 Å². The molecule has 0 aromatic heterocycles. The molecule has 5 heteroatoms. The summed E-state index contributed by atoms with van der Waals surface area (Å²) in [6, 6.07) is 0. The average molecular weight is 243 g/mol. The van der Waals surface area contributed by atoms with Gasteiger partial charge in [-0.1, -0.05) is 6.08 Å². The standard InChI is InChI=1S/C12H21NO4/c1-5-6-13(7-8-17-4)10(14)9-12(2,3)11(15)16/h5H,1,6-9H2,2-4H3,(H,15,16). The fourth-order valence-electron chi connectivity index (χ4n) is 1.24. The van der Waals surface area contributed by atoms with Crippen LogP contribution in [0.25, 0.3) is 0 Å². The second-order valence-corrected chi connectivity index (χ2v) is 4.49. The second kappa shape index (κ2) is 7.06. The number of aliphatic carboxylic acids is 1. The zero-order chi connectivity index (χ0) is 13.5. The van der Waals surface area contributed by atoms with Gasteiger partial charge in [0.2, 0.25) is 5.91 Å². The molecule has 0 aliphatic heterocycles. The Bertz CT molecular complexity index is 286. The quantitative estimate of drug-likeness (QED) is 0.649. The van der Waals surface area contributed by atoms with Crippen molar-refractivity contribution >= 4 is 11.9 Å². The molecular formula is C12H21NO4. The number of hydrogen-bond donors (Lipinski definition) is 1. The fourth-order valence-corrected chi connectivity index (χ4v) is 1.24. The van der Waals surface area contributed by atoms with Gasteiger partial charge in [0.25, 0.3) is 0 Å². The first-order chi connectivity index (χ1) is 7.85. The van der Waals surface area contributed by atoms with Gasteiger partial charge in [0, 0.05) is 26.6 Å². The van der Waals surface area contributed by atoms with E-state index in [1.54, 1.807) is 18.1 Å². The maximum absolute atomic E-state index is 11.9. The maximum atomic E-state index is 11.9. The van der Waals surface area contributed by atoms with Gasteiger partial charge in [0.05, 0.1) is 12.0 Å². The topological polar surface area (TPSA) is 66.8 Å². The molecule has 5 nitrogen and oxygen atoms in total. The molecule has 1 amide bonds. The molecule has 0 fully saturated rings. The Balaban J connectivity index is 4.51. The highest BCUT2D eigenvalue weighted by Gasteiger charge is 2.31. The molecule has 0 heterocycles. The van der Waals surface area contributed by atoms with Crippen molar-refractivity contribution in [2.24, 2.45) is 5.41 Å². The molecule has 0 aromatic rings. The molecule has 0 saturated carbocycles. The van der Waals surface area contributed by atoms with Crippen molar-refractivity contribution in [2.45, 2.75) is 20.3 Å². The molecule has 1 N–H and O–H groups in total. The largest absolute Gasteiger partial charge is 0.481 e. The fraction of sp³-hybridized carbons (Fsp3) is 0.667. The number of hydrogen-bond acceptors (Lipinski definition) is 3. The van der Waals surface area contributed by atoms with Gasteiger partial charge in [-0.15, -0.1) is 6.58 Å². The molecule has 0 aromatic carbocycles. The van der Waals surface area contributed by atoms with E-state index >= 15 is 0 Å². The van der Waals surface area contributed by atoms with Crippen LogP contribution in [0.4, 0.5) is 0 Å². The maximum Gasteiger partial charge on any atom is 0.309 e. The molecule has 0 unspecified atom stereocenters. The zero-order valence-corrected chi connectivity index (χ0v) is 10.7. The predicted octanol–water partition coefficient (Wildman–Crippen LogP) is 1.15. The molecule has 17 heavy (non-hydrogen) atoms. The second-order valence-electron chi connectivity index (χ2n) is 4.49. The van der Waals surface area contributed by atoms with Gasteiger partial charge in [0.15, 0.2) is 0 Å². The first kappa shape index (κ1) is 15.6. The first-order valence-electron chi connectivity index (χ1n) is 5.46. The number of carboxylic acids is 1. The highest BCUT2D eigenvalue weighted by Crippen LogP contribution is 2.21. The number of carboxylic acid groups (broad SMARTS) is 1. The number of nitrogens with zero attached hydrogens (tertiary/aromatic N) is 1. The average Bonchev–Trinajstić information content (AvgIpc) is 2.23. The van der Waals surface area contributed by atoms with Crippen molar-refractivity contribution in [1.29, 1.82) is 0 Å². The molecule has 0 rings (SSSR count). The molecule has 0 radical (unpaired) electrons. The van der Waals surface area contributed by atoms with Crippen LogP contribution < -0.4 is 0 Å². The zero-order valence-electron chi connectivity index (χ0n) is 10.7. The summed E-state index contributed by atoms with van der Waals surface area (Å²) < 4.78 is 4.90. The van der Waals surface area contributed by atoms with Crippen molar-refractivity contribution in [1.82, 2.24) is 4.90 Å². The molecule has 0 aliphatic carbocycles. The molecular weight excluding hydrogens is 222 g/mol. The summed E-state index contributed by atoms with van der Waals surface area (Å²) in [7, 11) is 1.55. The Kier molecular flexibility index (Phi) is 6.50. The van der Waals surface area contributed by atoms with E-state index in [0.29, 0.717) is 19.7 Å². The van der Waals surface area contributed by atoms with E-state index in [1.165, 1.54) is 13.8 Å². The normalized spacial score (nSPS) is 11.0. The minimum absolute atomic E-state index is 0.0279. The first-order valence-corrected chi connectivity index (χ1v) is 5.46. The summed E-state index contributed by atoms with van der Waals surface area (Å²) in [5.41, 5.74) is -1.05. The van der Waals surface area contributed by atoms with Gasteiger partial charge in [-0.25, -0.2) is 0 Å². The Labute approximate surface area is 102 Å². The molecule has 0 spiro atoms. The minimum atomic E-state index is -1.05. The van der Waals surface area contributed by atoms with E-state index in [4.69, 9.17) is 9.84 Å². The molecule has 0 saturated heterocycles. The smallest absolute Gasteiger partial charge is 0.309 e. The highest BCUT2D eigenvalue weighted by molar-refractivity contribution is 5.84. The van der Waals surface area contributed by atoms with E-state index in [9.17, 15) is 9.59 Å². The van der Waals surface area contributed by atoms with Crippen LogP contribution in [0.3, 0.4) is 0 Å². The van der Waals surface area contributed by atoms with Crippen LogP contribution in [0, 0.1) is 5.41 Å². The van der Waals surface area contributed by atoms with Gasteiger partial charge >= 0.3 is 5.97 Å². The SMILES string of the molecule is C=CCN(CCOC)C(=O)CC(C)(C)C(=O)O. The molecule has 0 atom stereocenters. The van der Waals surface area contributed by atoms with Crippen LogP contribution in [0.5, 0.6) is 0 Å². The lowest BCUT2D eigenvalue weighted by atomic mass is 9.89. The van der Waals surface area contributed by atoms with Crippen molar-refractivity contribution in [3.63, 3.8) is 0 Å². The number of amides is 1. The van der Waals surface area contributed by atoms with Gasteiger partial charge in [0.1, 0.15) is 0 Å². The summed E-state index contributed by atoms with van der Waals surface area (Å²) in [5, 5.41) is 8.96. The van der Waals surface area contributed by atoms with Gasteiger partial charge in [-0.2, -0.15) is 0 Å². The minimum Gasteiger partial charge on any atom is -0.481 e. The summed E-state index contributed by atoms with van der Waals surface area (Å²) in [5.74, 6) is -1.18. The molecule has 0 aliphatic rings. The lowest BCUT2D eigenvalue weighted by Crippen LogP contribution is -2.38. The third kappa shape index (κ3) is 5.49. The Morgan fingerprint density at radius 1 is 1.47 bits per heavy atom. The highest BCUT2D eigenvalue weighted by atomic mass is 16.5. The van der Waals surface area contributed by atoms with Crippen molar-refractivity contribution in [3.8, 4) is 0 Å². The number of ether oxygens (including phenoxy) is 1. The monoisotopic (exact) mass is 243 g/mol. The van der Waals surface area contributed by atoms with Crippen molar-refractivity contribution < 1.29 is 19.4 Å². The van der Waals surface area contributed by atoms with Crippen molar-refractivity contribution in [2.75, 3.05) is 26.8 Å². The van der Waals surface area contributed by atoms with Crippen molar-refractivity contribution in [3.05, 3.63) is 12.7 Å². The lowest BCUT2D eigenvalue weighted by molar-refractivity contribution is -0.151. The number of carbonyl (C=O) groups is 2. The third-order valence-electron chi connectivity index (χ3n) is 2.44. The summed E-state index contributed by atoms with van der Waals surface area (Å²) in [6.07, 6.45) is 1.58. The van der Waals surface area contributed by atoms with E-state index in [0.717, 1.165) is 0 Å². The predicted molar refractivity (Wildman–Crippen MR) is 64.7 cm³/mol. The van der Waals surface area contributed by atoms with Gasteiger partial charge in [-0.05, 0) is 13.8 Å². The summed E-state index contributed by atoms with van der Waals surface area (Å²) in [4.78, 5) is 24.4. The number of methoxy groups -OCH3 is 1. The van der Waals surface area contributed by atoms with Gasteiger partial charge < -0.3 is 14.7 Å². The van der Waals surface area contributed by atoms with Crippen LogP contribution in [0.2, 0.25) is 0 Å². The third-order valence-corrected chi connectivity index (χ3v) is 2.44. The van der Waals surface area contributed by atoms with Crippen LogP contribution >= 0.6 is 0 Å². The van der Waals surface area contributed by atoms with E-state index in [-0.39, 0.29) is 12.3 Å². The Morgan fingerprint density at radius 2 is 2.06 bits per heavy atom. The Morgan fingerprint density at radius 3 is 2.47 bits per heavy atom. The molecule has 0 bridgehead atoms.